The monoisotopic (exact) mass is 497 g/mol. The molecule has 1 heterocycles. The van der Waals surface area contributed by atoms with Crippen LogP contribution in [0.1, 0.15) is 50.9 Å². The smallest absolute Gasteiger partial charge is 0.253 e. The molecule has 1 aromatic rings. The maximum Gasteiger partial charge on any atom is 0.253 e. The normalized spacial score (nSPS) is 21.1. The first-order chi connectivity index (χ1) is 14.1. The lowest BCUT2D eigenvalue weighted by Gasteiger charge is -2.45. The van der Waals surface area contributed by atoms with Crippen LogP contribution in [-0.2, 0) is 4.79 Å². The Hall–Kier alpha value is -1.05. The van der Waals surface area contributed by atoms with Crippen LogP contribution in [-0.4, -0.2) is 59.9 Å². The van der Waals surface area contributed by atoms with Crippen LogP contribution >= 0.6 is 27.7 Å². The van der Waals surface area contributed by atoms with Crippen LogP contribution in [0, 0.1) is 11.8 Å². The van der Waals surface area contributed by atoms with Crippen molar-refractivity contribution in [2.45, 2.75) is 52.1 Å². The number of hydrogen-bond acceptors (Lipinski definition) is 4. The van der Waals surface area contributed by atoms with Crippen molar-refractivity contribution in [1.29, 1.82) is 0 Å². The van der Waals surface area contributed by atoms with Crippen molar-refractivity contribution in [3.63, 3.8) is 0 Å². The molecule has 0 spiro atoms. The van der Waals surface area contributed by atoms with E-state index in [1.54, 1.807) is 17.8 Å². The van der Waals surface area contributed by atoms with E-state index in [0.717, 1.165) is 23.3 Å². The number of piperidine rings is 1. The van der Waals surface area contributed by atoms with Crippen molar-refractivity contribution in [3.05, 3.63) is 34.3 Å². The zero-order valence-corrected chi connectivity index (χ0v) is 21.2. The van der Waals surface area contributed by atoms with E-state index in [2.05, 4.69) is 59.2 Å². The number of rotatable bonds is 9. The van der Waals surface area contributed by atoms with Crippen molar-refractivity contribution >= 4 is 39.5 Å². The predicted octanol–water partition coefficient (Wildman–Crippen LogP) is 4.17. The summed E-state index contributed by atoms with van der Waals surface area (Å²) in [7, 11) is 0. The molecule has 2 rings (SSSR count). The molecule has 0 aliphatic carbocycles. The van der Waals surface area contributed by atoms with Gasteiger partial charge in [-0.1, -0.05) is 26.0 Å². The molecule has 5 nitrogen and oxygen atoms in total. The summed E-state index contributed by atoms with van der Waals surface area (Å²) in [5.74, 6) is 1.79. The predicted molar refractivity (Wildman–Crippen MR) is 130 cm³/mol. The minimum atomic E-state index is -0.549. The van der Waals surface area contributed by atoms with Gasteiger partial charge in [-0.2, -0.15) is 11.8 Å². The molecule has 2 N–H and O–H groups in total. The first kappa shape index (κ1) is 25.2. The highest BCUT2D eigenvalue weighted by Crippen LogP contribution is 2.27. The van der Waals surface area contributed by atoms with Crippen LogP contribution in [0.2, 0.25) is 0 Å². The van der Waals surface area contributed by atoms with E-state index in [1.807, 2.05) is 24.5 Å². The van der Waals surface area contributed by atoms with E-state index in [9.17, 15) is 9.59 Å². The molecular formula is C23H36BrN3O2S. The Kier molecular flexibility index (Phi) is 9.69. The van der Waals surface area contributed by atoms with Gasteiger partial charge in [0.25, 0.3) is 5.91 Å². The van der Waals surface area contributed by atoms with Gasteiger partial charge in [-0.05, 0) is 78.6 Å². The third kappa shape index (κ3) is 7.27. The number of likely N-dealkylation sites (tertiary alicyclic amines) is 1. The fourth-order valence-electron chi connectivity index (χ4n) is 4.08. The lowest BCUT2D eigenvalue weighted by molar-refractivity contribution is -0.123. The SMILES string of the molecule is CSCCC(NC(=O)c1ccccc1Br)C(=O)NCC(C)(C)N1CC(C)CC(C)C1. The summed E-state index contributed by atoms with van der Waals surface area (Å²) in [6.07, 6.45) is 3.87. The van der Waals surface area contributed by atoms with Crippen LogP contribution in [0.25, 0.3) is 0 Å². The molecule has 0 bridgehead atoms. The molecule has 0 saturated carbocycles. The molecule has 7 heteroatoms. The van der Waals surface area contributed by atoms with Crippen LogP contribution in [0.15, 0.2) is 28.7 Å². The average molecular weight is 499 g/mol. The molecule has 2 amide bonds. The van der Waals surface area contributed by atoms with Crippen molar-refractivity contribution in [2.24, 2.45) is 11.8 Å². The molecule has 168 valence electrons. The van der Waals surface area contributed by atoms with Crippen LogP contribution in [0.3, 0.4) is 0 Å². The lowest BCUT2D eigenvalue weighted by atomic mass is 9.88. The summed E-state index contributed by atoms with van der Waals surface area (Å²) in [4.78, 5) is 28.2. The minimum Gasteiger partial charge on any atom is -0.352 e. The highest BCUT2D eigenvalue weighted by atomic mass is 79.9. The second-order valence-corrected chi connectivity index (χ2v) is 11.0. The quantitative estimate of drug-likeness (QED) is 0.537. The first-order valence-corrected chi connectivity index (χ1v) is 12.9. The Morgan fingerprint density at radius 3 is 2.47 bits per heavy atom. The topological polar surface area (TPSA) is 61.4 Å². The molecule has 0 radical (unpaired) electrons. The van der Waals surface area contributed by atoms with Gasteiger partial charge in [-0.15, -0.1) is 0 Å². The van der Waals surface area contributed by atoms with Gasteiger partial charge in [0, 0.05) is 29.6 Å². The van der Waals surface area contributed by atoms with Crippen molar-refractivity contribution in [1.82, 2.24) is 15.5 Å². The van der Waals surface area contributed by atoms with Crippen molar-refractivity contribution in [3.8, 4) is 0 Å². The van der Waals surface area contributed by atoms with Crippen molar-refractivity contribution < 1.29 is 9.59 Å². The summed E-state index contributed by atoms with van der Waals surface area (Å²) in [5, 5.41) is 6.04. The van der Waals surface area contributed by atoms with E-state index in [4.69, 9.17) is 0 Å². The van der Waals surface area contributed by atoms with E-state index in [0.29, 0.717) is 30.4 Å². The van der Waals surface area contributed by atoms with Gasteiger partial charge in [0.05, 0.1) is 5.56 Å². The van der Waals surface area contributed by atoms with Gasteiger partial charge in [-0.25, -0.2) is 0 Å². The number of nitrogens with one attached hydrogen (secondary N) is 2. The molecule has 3 unspecified atom stereocenters. The third-order valence-corrected chi connectivity index (χ3v) is 7.11. The van der Waals surface area contributed by atoms with Crippen LogP contribution < -0.4 is 10.6 Å². The number of amides is 2. The summed E-state index contributed by atoms with van der Waals surface area (Å²) in [6.45, 7) is 11.7. The lowest BCUT2D eigenvalue weighted by Crippen LogP contribution is -2.58. The average Bonchev–Trinajstić information content (AvgIpc) is 2.68. The van der Waals surface area contributed by atoms with Gasteiger partial charge in [0.1, 0.15) is 6.04 Å². The molecule has 1 aliphatic rings. The second kappa shape index (κ2) is 11.5. The van der Waals surface area contributed by atoms with E-state index in [1.165, 1.54) is 6.42 Å². The molecule has 1 fully saturated rings. The maximum atomic E-state index is 13.0. The molecule has 1 aromatic carbocycles. The van der Waals surface area contributed by atoms with Gasteiger partial charge >= 0.3 is 0 Å². The summed E-state index contributed by atoms with van der Waals surface area (Å²) < 4.78 is 0.723. The van der Waals surface area contributed by atoms with Crippen LogP contribution in [0.4, 0.5) is 0 Å². The fraction of sp³-hybridized carbons (Fsp3) is 0.652. The summed E-state index contributed by atoms with van der Waals surface area (Å²) >= 11 is 5.09. The molecule has 3 atom stereocenters. The highest BCUT2D eigenvalue weighted by molar-refractivity contribution is 9.10. The first-order valence-electron chi connectivity index (χ1n) is 10.7. The number of carbonyl (C=O) groups is 2. The number of halogens is 1. The Labute approximate surface area is 194 Å². The van der Waals surface area contributed by atoms with Gasteiger partial charge < -0.3 is 10.6 Å². The zero-order chi connectivity index (χ0) is 22.3. The Balaban J connectivity index is 2.00. The minimum absolute atomic E-state index is 0.115. The zero-order valence-electron chi connectivity index (χ0n) is 18.8. The molecule has 30 heavy (non-hydrogen) atoms. The highest BCUT2D eigenvalue weighted by Gasteiger charge is 2.33. The maximum absolute atomic E-state index is 13.0. The number of thioether (sulfide) groups is 1. The largest absolute Gasteiger partial charge is 0.352 e. The Bertz CT molecular complexity index is 718. The number of benzene rings is 1. The second-order valence-electron chi connectivity index (χ2n) is 9.17. The van der Waals surface area contributed by atoms with Crippen LogP contribution in [0.5, 0.6) is 0 Å². The third-order valence-electron chi connectivity index (χ3n) is 5.77. The summed E-state index contributed by atoms with van der Waals surface area (Å²) in [6, 6.07) is 6.72. The standard InChI is InChI=1S/C23H36BrN3O2S/c1-16-12-17(2)14-27(13-16)23(3,4)15-25-22(29)20(10-11-30-5)26-21(28)18-8-6-7-9-19(18)24/h6-9,16-17,20H,10-15H2,1-5H3,(H,25,29)(H,26,28). The summed E-state index contributed by atoms with van der Waals surface area (Å²) in [5.41, 5.74) is 0.408. The Morgan fingerprint density at radius 1 is 1.23 bits per heavy atom. The molecule has 0 aromatic heterocycles. The van der Waals surface area contributed by atoms with Gasteiger partial charge in [0.15, 0.2) is 0 Å². The van der Waals surface area contributed by atoms with E-state index >= 15 is 0 Å². The Morgan fingerprint density at radius 2 is 1.87 bits per heavy atom. The van der Waals surface area contributed by atoms with Crippen molar-refractivity contribution in [2.75, 3.05) is 31.6 Å². The number of hydrogen-bond donors (Lipinski definition) is 2. The van der Waals surface area contributed by atoms with Gasteiger partial charge in [0.2, 0.25) is 5.91 Å². The fourth-order valence-corrected chi connectivity index (χ4v) is 5.02. The molecular weight excluding hydrogens is 462 g/mol. The molecule has 1 aliphatic heterocycles. The van der Waals surface area contributed by atoms with E-state index < -0.39 is 6.04 Å². The van der Waals surface area contributed by atoms with E-state index in [-0.39, 0.29) is 17.4 Å². The number of carbonyl (C=O) groups excluding carboxylic acids is 2. The molecule has 1 saturated heterocycles. The number of nitrogens with zero attached hydrogens (tertiary/aromatic N) is 1. The van der Waals surface area contributed by atoms with Gasteiger partial charge in [-0.3, -0.25) is 14.5 Å².